The number of carbonyl (C=O) groups excluding carboxylic acids is 2. The number of imide groups is 1. The quantitative estimate of drug-likeness (QED) is 0.486. The third-order valence-corrected chi connectivity index (χ3v) is 6.37. The molecule has 0 spiro atoms. The Morgan fingerprint density at radius 1 is 0.970 bits per heavy atom. The maximum atomic E-state index is 13.5. The van der Waals surface area contributed by atoms with Gasteiger partial charge in [0, 0.05) is 17.9 Å². The van der Waals surface area contributed by atoms with E-state index < -0.39 is 23.1 Å². The zero-order valence-corrected chi connectivity index (χ0v) is 18.7. The fourth-order valence-corrected chi connectivity index (χ4v) is 4.29. The van der Waals surface area contributed by atoms with Crippen LogP contribution in [0.3, 0.4) is 0 Å². The molecule has 2 aliphatic rings. The van der Waals surface area contributed by atoms with Crippen LogP contribution in [0.25, 0.3) is 11.0 Å². The number of fused-ring (bicyclic) bond motifs is 2. The summed E-state index contributed by atoms with van der Waals surface area (Å²) in [6.07, 6.45) is 0.767. The zero-order chi connectivity index (χ0) is 23.3. The molecule has 3 amide bonds. The van der Waals surface area contributed by atoms with Crippen molar-refractivity contribution in [2.75, 3.05) is 13.2 Å². The van der Waals surface area contributed by atoms with Crippen LogP contribution in [-0.2, 0) is 16.9 Å². The lowest BCUT2D eigenvalue weighted by Gasteiger charge is -2.23. The average Bonchev–Trinajstić information content (AvgIpc) is 2.93. The Hall–Kier alpha value is -3.81. The lowest BCUT2D eigenvalue weighted by molar-refractivity contribution is -0.131. The zero-order valence-electron chi connectivity index (χ0n) is 18.7. The summed E-state index contributed by atoms with van der Waals surface area (Å²) in [5.41, 5.74) is 1.78. The van der Waals surface area contributed by atoms with Crippen LogP contribution < -0.4 is 20.4 Å². The van der Waals surface area contributed by atoms with E-state index in [0.29, 0.717) is 46.8 Å². The monoisotopic (exact) mass is 448 g/mol. The van der Waals surface area contributed by atoms with Crippen LogP contribution in [0.4, 0.5) is 4.79 Å². The number of carbonyl (C=O) groups is 2. The topological polar surface area (TPSA) is 98.1 Å². The van der Waals surface area contributed by atoms with E-state index in [-0.39, 0.29) is 6.54 Å². The van der Waals surface area contributed by atoms with E-state index in [1.165, 1.54) is 6.07 Å². The summed E-state index contributed by atoms with van der Waals surface area (Å²) in [4.78, 5) is 39.7. The van der Waals surface area contributed by atoms with Gasteiger partial charge < -0.3 is 19.2 Å². The predicted molar refractivity (Wildman–Crippen MR) is 120 cm³/mol. The van der Waals surface area contributed by atoms with Crippen LogP contribution in [-0.4, -0.2) is 30.1 Å². The number of aryl methyl sites for hydroxylation is 2. The number of rotatable bonds is 3. The Kier molecular flexibility index (Phi) is 4.88. The summed E-state index contributed by atoms with van der Waals surface area (Å²) < 4.78 is 16.8. The van der Waals surface area contributed by atoms with Crippen molar-refractivity contribution in [3.05, 3.63) is 69.1 Å². The van der Waals surface area contributed by atoms with Crippen molar-refractivity contribution in [1.82, 2.24) is 10.2 Å². The lowest BCUT2D eigenvalue weighted by atomic mass is 9.91. The highest BCUT2D eigenvalue weighted by Crippen LogP contribution is 2.37. The van der Waals surface area contributed by atoms with Gasteiger partial charge in [-0.05, 0) is 67.3 Å². The first-order chi connectivity index (χ1) is 15.8. The SMILES string of the molecule is Cc1cc2oc(=O)cc(CN3C(=O)NC(C)(c4ccc5c(c4)OCCCO5)C3=O)c2cc1C. The molecule has 1 saturated heterocycles. The Bertz CT molecular complexity index is 1360. The van der Waals surface area contributed by atoms with Gasteiger partial charge in [0.25, 0.3) is 5.91 Å². The molecule has 0 aliphatic carbocycles. The summed E-state index contributed by atoms with van der Waals surface area (Å²) in [5, 5.41) is 3.51. The van der Waals surface area contributed by atoms with E-state index in [2.05, 4.69) is 5.32 Å². The van der Waals surface area contributed by atoms with Crippen LogP contribution in [0.1, 0.15) is 35.6 Å². The smallest absolute Gasteiger partial charge is 0.336 e. The maximum absolute atomic E-state index is 13.5. The van der Waals surface area contributed by atoms with Crippen molar-refractivity contribution < 1.29 is 23.5 Å². The molecule has 3 aromatic rings. The summed E-state index contributed by atoms with van der Waals surface area (Å²) in [6.45, 7) is 6.58. The molecule has 1 aromatic heterocycles. The molecular weight excluding hydrogens is 424 g/mol. The third kappa shape index (κ3) is 3.51. The second-order valence-corrected chi connectivity index (χ2v) is 8.68. The molecule has 0 radical (unpaired) electrons. The number of hydrogen-bond acceptors (Lipinski definition) is 6. The van der Waals surface area contributed by atoms with Gasteiger partial charge in [-0.1, -0.05) is 6.07 Å². The minimum atomic E-state index is -1.27. The van der Waals surface area contributed by atoms with Crippen molar-refractivity contribution >= 4 is 22.9 Å². The predicted octanol–water partition coefficient (Wildman–Crippen LogP) is 3.54. The molecule has 0 saturated carbocycles. The molecule has 8 nitrogen and oxygen atoms in total. The summed E-state index contributed by atoms with van der Waals surface area (Å²) in [5.74, 6) is 0.748. The fourth-order valence-electron chi connectivity index (χ4n) is 4.29. The number of ether oxygens (including phenoxy) is 2. The third-order valence-electron chi connectivity index (χ3n) is 6.37. The molecule has 33 heavy (non-hydrogen) atoms. The molecule has 8 heteroatoms. The molecule has 3 heterocycles. The van der Waals surface area contributed by atoms with Crippen molar-refractivity contribution in [2.24, 2.45) is 0 Å². The molecule has 1 N–H and O–H groups in total. The highest BCUT2D eigenvalue weighted by molar-refractivity contribution is 6.07. The number of urea groups is 1. The molecule has 2 aromatic carbocycles. The van der Waals surface area contributed by atoms with E-state index in [0.717, 1.165) is 22.4 Å². The first-order valence-electron chi connectivity index (χ1n) is 10.8. The number of nitrogens with one attached hydrogen (secondary N) is 1. The molecule has 1 fully saturated rings. The van der Waals surface area contributed by atoms with Crippen molar-refractivity contribution in [2.45, 2.75) is 39.3 Å². The summed E-state index contributed by atoms with van der Waals surface area (Å²) in [6, 6.07) is 9.76. The minimum absolute atomic E-state index is 0.0462. The normalized spacial score (nSPS) is 20.2. The molecule has 5 rings (SSSR count). The molecule has 2 aliphatic heterocycles. The molecule has 0 bridgehead atoms. The van der Waals surface area contributed by atoms with Gasteiger partial charge >= 0.3 is 11.7 Å². The van der Waals surface area contributed by atoms with Gasteiger partial charge in [0.2, 0.25) is 0 Å². The minimum Gasteiger partial charge on any atom is -0.490 e. The van der Waals surface area contributed by atoms with Crippen molar-refractivity contribution in [1.29, 1.82) is 0 Å². The number of amides is 3. The summed E-state index contributed by atoms with van der Waals surface area (Å²) in [7, 11) is 0. The second-order valence-electron chi connectivity index (χ2n) is 8.68. The number of nitrogens with zero attached hydrogens (tertiary/aromatic N) is 1. The van der Waals surface area contributed by atoms with E-state index in [1.807, 2.05) is 19.9 Å². The van der Waals surface area contributed by atoms with E-state index in [4.69, 9.17) is 13.9 Å². The van der Waals surface area contributed by atoms with E-state index in [9.17, 15) is 14.4 Å². The maximum Gasteiger partial charge on any atom is 0.336 e. The molecular formula is C25H24N2O6. The largest absolute Gasteiger partial charge is 0.490 e. The molecule has 1 atom stereocenters. The van der Waals surface area contributed by atoms with E-state index in [1.54, 1.807) is 31.2 Å². The van der Waals surface area contributed by atoms with Gasteiger partial charge in [0.05, 0.1) is 19.8 Å². The highest BCUT2D eigenvalue weighted by atomic mass is 16.5. The van der Waals surface area contributed by atoms with Gasteiger partial charge in [-0.2, -0.15) is 0 Å². The van der Waals surface area contributed by atoms with Crippen molar-refractivity contribution in [3.8, 4) is 11.5 Å². The Labute approximate surface area is 190 Å². The Balaban J connectivity index is 1.50. The van der Waals surface area contributed by atoms with Crippen molar-refractivity contribution in [3.63, 3.8) is 0 Å². The highest BCUT2D eigenvalue weighted by Gasteiger charge is 2.49. The first kappa shape index (κ1) is 21.1. The summed E-state index contributed by atoms with van der Waals surface area (Å²) >= 11 is 0. The van der Waals surface area contributed by atoms with Crippen LogP contribution in [0.15, 0.2) is 45.6 Å². The number of hydrogen-bond donors (Lipinski definition) is 1. The number of benzene rings is 2. The van der Waals surface area contributed by atoms with Crippen LogP contribution in [0.2, 0.25) is 0 Å². The fraction of sp³-hybridized carbons (Fsp3) is 0.320. The van der Waals surface area contributed by atoms with Gasteiger partial charge in [0.1, 0.15) is 11.1 Å². The van der Waals surface area contributed by atoms with Gasteiger partial charge in [0.15, 0.2) is 11.5 Å². The van der Waals surface area contributed by atoms with Gasteiger partial charge in [-0.3, -0.25) is 9.69 Å². The molecule has 170 valence electrons. The van der Waals surface area contributed by atoms with Gasteiger partial charge in [-0.15, -0.1) is 0 Å². The Morgan fingerprint density at radius 2 is 1.70 bits per heavy atom. The van der Waals surface area contributed by atoms with Crippen LogP contribution in [0.5, 0.6) is 11.5 Å². The van der Waals surface area contributed by atoms with Gasteiger partial charge in [-0.25, -0.2) is 9.59 Å². The standard InChI is InChI=1S/C25H24N2O6/c1-14-9-18-16(11-22(28)33-20(18)10-15(14)2)13-27-23(29)25(3,26-24(27)30)17-5-6-19-21(12-17)32-8-4-7-31-19/h5-6,9-12H,4,7-8,13H2,1-3H3,(H,26,30). The Morgan fingerprint density at radius 3 is 2.48 bits per heavy atom. The average molecular weight is 448 g/mol. The molecule has 1 unspecified atom stereocenters. The van der Waals surface area contributed by atoms with E-state index >= 15 is 0 Å². The van der Waals surface area contributed by atoms with Crippen LogP contribution in [0, 0.1) is 13.8 Å². The first-order valence-corrected chi connectivity index (χ1v) is 10.8. The van der Waals surface area contributed by atoms with Crippen LogP contribution >= 0.6 is 0 Å². The lowest BCUT2D eigenvalue weighted by Crippen LogP contribution is -2.40. The second kappa shape index (κ2) is 7.65.